The minimum Gasteiger partial charge on any atom is -0.481 e. The summed E-state index contributed by atoms with van der Waals surface area (Å²) in [6, 6.07) is 8.99. The quantitative estimate of drug-likeness (QED) is 0.879. The van der Waals surface area contributed by atoms with Crippen molar-refractivity contribution in [2.45, 2.75) is 19.5 Å². The smallest absolute Gasteiger partial charge is 0.394 e. The van der Waals surface area contributed by atoms with Crippen LogP contribution in [0.2, 0.25) is 0 Å². The molecule has 144 valence electrons. The Morgan fingerprint density at radius 2 is 1.93 bits per heavy atom. The van der Waals surface area contributed by atoms with Crippen LogP contribution in [0.1, 0.15) is 11.5 Å². The second kappa shape index (κ2) is 7.05. The third kappa shape index (κ3) is 3.96. The lowest BCUT2D eigenvalue weighted by Gasteiger charge is -2.18. The van der Waals surface area contributed by atoms with E-state index in [1.54, 1.807) is 31.2 Å². The first-order valence-corrected chi connectivity index (χ1v) is 8.26. The maximum Gasteiger partial charge on any atom is 0.394 e. The molecule has 0 radical (unpaired) electrons. The lowest BCUT2D eigenvalue weighted by Crippen LogP contribution is -2.34. The number of amides is 1. The summed E-state index contributed by atoms with van der Waals surface area (Å²) in [6.07, 6.45) is -4.93. The van der Waals surface area contributed by atoms with Crippen LogP contribution in [0, 0.1) is 18.8 Å². The molecule has 1 amide bonds. The van der Waals surface area contributed by atoms with Crippen molar-refractivity contribution in [2.24, 2.45) is 11.8 Å². The number of benzene rings is 1. The number of aromatic nitrogens is 1. The Balaban J connectivity index is 1.75. The second-order valence-electron chi connectivity index (χ2n) is 6.46. The summed E-state index contributed by atoms with van der Waals surface area (Å²) in [4.78, 5) is 28.8. The maximum absolute atomic E-state index is 13.1. The molecule has 0 bridgehead atoms. The van der Waals surface area contributed by atoms with E-state index in [0.717, 1.165) is 4.90 Å². The van der Waals surface area contributed by atoms with Gasteiger partial charge in [0.1, 0.15) is 5.76 Å². The van der Waals surface area contributed by atoms with Gasteiger partial charge in [0.2, 0.25) is 11.8 Å². The van der Waals surface area contributed by atoms with Gasteiger partial charge in [-0.3, -0.25) is 9.59 Å². The summed E-state index contributed by atoms with van der Waals surface area (Å²) >= 11 is 0. The van der Waals surface area contributed by atoms with Gasteiger partial charge in [0.05, 0.1) is 24.0 Å². The van der Waals surface area contributed by atoms with Crippen LogP contribution in [0.5, 0.6) is 0 Å². The normalized spacial score (nSPS) is 20.1. The van der Waals surface area contributed by atoms with Crippen molar-refractivity contribution < 1.29 is 32.3 Å². The molecule has 1 N–H and O–H groups in total. The Labute approximate surface area is 152 Å². The van der Waals surface area contributed by atoms with Crippen LogP contribution in [0.4, 0.5) is 13.2 Å². The standard InChI is InChI=1S/C18H17F3N2O4/c1-10-14(22-16(27-10)11-5-3-2-4-6-11)7-15(24)23-8-12(17(25)26)13(9-23)18(19,20)21/h2-6,12-13H,7-9H2,1H3,(H,25,26)/t12-,13-/m1/s1. The first kappa shape index (κ1) is 18.9. The van der Waals surface area contributed by atoms with E-state index in [1.807, 2.05) is 6.07 Å². The fourth-order valence-corrected chi connectivity index (χ4v) is 3.14. The summed E-state index contributed by atoms with van der Waals surface area (Å²) in [5.41, 5.74) is 1.03. The van der Waals surface area contributed by atoms with Gasteiger partial charge in [0.25, 0.3) is 0 Å². The van der Waals surface area contributed by atoms with E-state index in [9.17, 15) is 22.8 Å². The number of hydrogen-bond acceptors (Lipinski definition) is 4. The van der Waals surface area contributed by atoms with Crippen LogP contribution in [0.3, 0.4) is 0 Å². The molecule has 27 heavy (non-hydrogen) atoms. The van der Waals surface area contributed by atoms with E-state index < -0.39 is 43.0 Å². The molecule has 2 aromatic rings. The van der Waals surface area contributed by atoms with Crippen molar-refractivity contribution in [3.05, 3.63) is 41.8 Å². The summed E-state index contributed by atoms with van der Waals surface area (Å²) < 4.78 is 44.7. The predicted octanol–water partition coefficient (Wildman–Crippen LogP) is 2.91. The first-order chi connectivity index (χ1) is 12.7. The summed E-state index contributed by atoms with van der Waals surface area (Å²) in [5, 5.41) is 9.04. The number of likely N-dealkylation sites (tertiary alicyclic amines) is 1. The monoisotopic (exact) mass is 382 g/mol. The summed E-state index contributed by atoms with van der Waals surface area (Å²) in [5.74, 6) is -5.19. The third-order valence-electron chi connectivity index (χ3n) is 4.64. The molecule has 1 aliphatic heterocycles. The predicted molar refractivity (Wildman–Crippen MR) is 87.6 cm³/mol. The minimum atomic E-state index is -4.68. The van der Waals surface area contributed by atoms with Crippen molar-refractivity contribution in [2.75, 3.05) is 13.1 Å². The molecule has 0 saturated carbocycles. The van der Waals surface area contributed by atoms with Gasteiger partial charge in [-0.25, -0.2) is 4.98 Å². The highest BCUT2D eigenvalue weighted by Crippen LogP contribution is 2.38. The SMILES string of the molecule is Cc1oc(-c2ccccc2)nc1CC(=O)N1C[C@@H](C(F)(F)F)[C@H](C(=O)O)C1. The van der Waals surface area contributed by atoms with Gasteiger partial charge in [0, 0.05) is 18.7 Å². The molecular weight excluding hydrogens is 365 g/mol. The number of carboxylic acid groups (broad SMARTS) is 1. The molecule has 2 heterocycles. The Morgan fingerprint density at radius 3 is 2.48 bits per heavy atom. The molecule has 0 spiro atoms. The molecular formula is C18H17F3N2O4. The Hall–Kier alpha value is -2.84. The van der Waals surface area contributed by atoms with Crippen molar-refractivity contribution in [3.63, 3.8) is 0 Å². The highest BCUT2D eigenvalue weighted by atomic mass is 19.4. The Kier molecular flexibility index (Phi) is 4.95. The van der Waals surface area contributed by atoms with Gasteiger partial charge < -0.3 is 14.4 Å². The molecule has 9 heteroatoms. The number of aryl methyl sites for hydroxylation is 1. The second-order valence-corrected chi connectivity index (χ2v) is 6.46. The summed E-state index contributed by atoms with van der Waals surface area (Å²) in [6.45, 7) is 0.479. The van der Waals surface area contributed by atoms with Crippen LogP contribution in [0.25, 0.3) is 11.5 Å². The Morgan fingerprint density at radius 1 is 1.26 bits per heavy atom. The van der Waals surface area contributed by atoms with Gasteiger partial charge in [-0.05, 0) is 19.1 Å². The lowest BCUT2D eigenvalue weighted by atomic mass is 9.96. The lowest BCUT2D eigenvalue weighted by molar-refractivity contribution is -0.188. The van der Waals surface area contributed by atoms with E-state index in [0.29, 0.717) is 22.9 Å². The number of oxazole rings is 1. The molecule has 1 fully saturated rings. The highest BCUT2D eigenvalue weighted by molar-refractivity contribution is 5.81. The maximum atomic E-state index is 13.1. The molecule has 1 aromatic heterocycles. The van der Waals surface area contributed by atoms with Gasteiger partial charge in [0.15, 0.2) is 0 Å². The third-order valence-corrected chi connectivity index (χ3v) is 4.64. The average Bonchev–Trinajstić information content (AvgIpc) is 3.20. The fourth-order valence-electron chi connectivity index (χ4n) is 3.14. The van der Waals surface area contributed by atoms with Crippen molar-refractivity contribution >= 4 is 11.9 Å². The van der Waals surface area contributed by atoms with Crippen molar-refractivity contribution in [1.29, 1.82) is 0 Å². The van der Waals surface area contributed by atoms with Gasteiger partial charge in [-0.1, -0.05) is 18.2 Å². The van der Waals surface area contributed by atoms with Crippen LogP contribution in [-0.4, -0.2) is 46.1 Å². The van der Waals surface area contributed by atoms with Gasteiger partial charge in [-0.15, -0.1) is 0 Å². The average molecular weight is 382 g/mol. The van der Waals surface area contributed by atoms with Gasteiger partial charge >= 0.3 is 12.1 Å². The number of carboxylic acids is 1. The Bertz CT molecular complexity index is 848. The number of halogens is 3. The minimum absolute atomic E-state index is 0.251. The number of aliphatic carboxylic acids is 1. The molecule has 0 unspecified atom stereocenters. The van der Waals surface area contributed by atoms with E-state index in [2.05, 4.69) is 4.98 Å². The van der Waals surface area contributed by atoms with Crippen LogP contribution in [0.15, 0.2) is 34.7 Å². The van der Waals surface area contributed by atoms with E-state index in [1.165, 1.54) is 0 Å². The fraction of sp³-hybridized carbons (Fsp3) is 0.389. The topological polar surface area (TPSA) is 83.6 Å². The summed E-state index contributed by atoms with van der Waals surface area (Å²) in [7, 11) is 0. The molecule has 1 saturated heterocycles. The molecule has 1 aromatic carbocycles. The zero-order valence-corrected chi connectivity index (χ0v) is 14.4. The van der Waals surface area contributed by atoms with Crippen molar-refractivity contribution in [1.82, 2.24) is 9.88 Å². The number of carbonyl (C=O) groups excluding carboxylic acids is 1. The van der Waals surface area contributed by atoms with E-state index in [-0.39, 0.29) is 6.42 Å². The molecule has 2 atom stereocenters. The van der Waals surface area contributed by atoms with Gasteiger partial charge in [-0.2, -0.15) is 13.2 Å². The molecule has 6 nitrogen and oxygen atoms in total. The molecule has 1 aliphatic rings. The van der Waals surface area contributed by atoms with E-state index in [4.69, 9.17) is 9.52 Å². The number of nitrogens with zero attached hydrogens (tertiary/aromatic N) is 2. The molecule has 0 aliphatic carbocycles. The van der Waals surface area contributed by atoms with Crippen LogP contribution < -0.4 is 0 Å². The van der Waals surface area contributed by atoms with Crippen molar-refractivity contribution in [3.8, 4) is 11.5 Å². The zero-order chi connectivity index (χ0) is 19.8. The van der Waals surface area contributed by atoms with E-state index >= 15 is 0 Å². The first-order valence-electron chi connectivity index (χ1n) is 8.26. The van der Waals surface area contributed by atoms with Crippen LogP contribution >= 0.6 is 0 Å². The van der Waals surface area contributed by atoms with Crippen LogP contribution in [-0.2, 0) is 16.0 Å². The zero-order valence-electron chi connectivity index (χ0n) is 14.4. The largest absolute Gasteiger partial charge is 0.481 e. The number of rotatable bonds is 4. The number of alkyl halides is 3. The number of hydrogen-bond donors (Lipinski definition) is 1. The molecule has 3 rings (SSSR count). The number of carbonyl (C=O) groups is 2. The highest BCUT2D eigenvalue weighted by Gasteiger charge is 2.53.